The van der Waals surface area contributed by atoms with Crippen molar-refractivity contribution in [2.75, 3.05) is 11.4 Å². The van der Waals surface area contributed by atoms with E-state index in [4.69, 9.17) is 4.52 Å². The Morgan fingerprint density at radius 3 is 2.79 bits per heavy atom. The smallest absolute Gasteiger partial charge is 0.227 e. The lowest BCUT2D eigenvalue weighted by Crippen LogP contribution is -2.32. The first kappa shape index (κ1) is 17.9. The SMILES string of the molecule is Cc1nc(-c2cccc(N3C[C@@H](C(=O)NCc4ccccc4)CC3=O)c2)no1. The van der Waals surface area contributed by atoms with E-state index in [2.05, 4.69) is 15.5 Å². The summed E-state index contributed by atoms with van der Waals surface area (Å²) in [5, 5.41) is 6.84. The Bertz CT molecular complexity index is 1000. The van der Waals surface area contributed by atoms with Gasteiger partial charge in [-0.3, -0.25) is 9.59 Å². The molecule has 0 spiro atoms. The van der Waals surface area contributed by atoms with Crippen LogP contribution in [0.1, 0.15) is 17.9 Å². The molecule has 0 unspecified atom stereocenters. The summed E-state index contributed by atoms with van der Waals surface area (Å²) in [6, 6.07) is 17.1. The highest BCUT2D eigenvalue weighted by Gasteiger charge is 2.35. The van der Waals surface area contributed by atoms with Crippen molar-refractivity contribution in [1.29, 1.82) is 0 Å². The Morgan fingerprint density at radius 2 is 2.04 bits per heavy atom. The van der Waals surface area contributed by atoms with Crippen molar-refractivity contribution in [3.63, 3.8) is 0 Å². The molecule has 0 radical (unpaired) electrons. The maximum absolute atomic E-state index is 12.5. The molecule has 28 heavy (non-hydrogen) atoms. The van der Waals surface area contributed by atoms with Crippen molar-refractivity contribution in [2.24, 2.45) is 5.92 Å². The molecule has 7 nitrogen and oxygen atoms in total. The standard InChI is InChI=1S/C21H20N4O3/c1-14-23-20(24-28-14)16-8-5-9-18(10-16)25-13-17(11-19(25)26)21(27)22-12-15-6-3-2-4-7-15/h2-10,17H,11-13H2,1H3,(H,22,27)/t17-/m0/s1. The molecular formula is C21H20N4O3. The highest BCUT2D eigenvalue weighted by molar-refractivity contribution is 6.00. The lowest BCUT2D eigenvalue weighted by molar-refractivity contribution is -0.126. The van der Waals surface area contributed by atoms with E-state index in [1.807, 2.05) is 54.6 Å². The number of carbonyl (C=O) groups excluding carboxylic acids is 2. The second-order valence-corrected chi connectivity index (χ2v) is 6.80. The van der Waals surface area contributed by atoms with Gasteiger partial charge in [0.2, 0.25) is 23.5 Å². The first-order valence-corrected chi connectivity index (χ1v) is 9.13. The monoisotopic (exact) mass is 376 g/mol. The fourth-order valence-electron chi connectivity index (χ4n) is 3.29. The summed E-state index contributed by atoms with van der Waals surface area (Å²) in [6.07, 6.45) is 0.201. The Hall–Kier alpha value is -3.48. The number of aromatic nitrogens is 2. The van der Waals surface area contributed by atoms with Crippen molar-refractivity contribution in [3.05, 3.63) is 66.1 Å². The lowest BCUT2D eigenvalue weighted by atomic mass is 10.1. The molecule has 1 aliphatic rings. The highest BCUT2D eigenvalue weighted by Crippen LogP contribution is 2.28. The largest absolute Gasteiger partial charge is 0.352 e. The summed E-state index contributed by atoms with van der Waals surface area (Å²) in [4.78, 5) is 30.9. The van der Waals surface area contributed by atoms with E-state index in [9.17, 15) is 9.59 Å². The van der Waals surface area contributed by atoms with Crippen LogP contribution in [0.15, 0.2) is 59.1 Å². The van der Waals surface area contributed by atoms with Crippen LogP contribution in [0.3, 0.4) is 0 Å². The van der Waals surface area contributed by atoms with E-state index in [1.54, 1.807) is 11.8 Å². The summed E-state index contributed by atoms with van der Waals surface area (Å²) in [6.45, 7) is 2.54. The van der Waals surface area contributed by atoms with Gasteiger partial charge in [0.05, 0.1) is 5.92 Å². The number of nitrogens with one attached hydrogen (secondary N) is 1. The predicted molar refractivity (Wildman–Crippen MR) is 103 cm³/mol. The van der Waals surface area contributed by atoms with Gasteiger partial charge < -0.3 is 14.7 Å². The first-order chi connectivity index (χ1) is 13.6. The minimum atomic E-state index is -0.368. The van der Waals surface area contributed by atoms with Crippen LogP contribution in [0.25, 0.3) is 11.4 Å². The number of anilines is 1. The van der Waals surface area contributed by atoms with Gasteiger partial charge in [-0.25, -0.2) is 0 Å². The van der Waals surface area contributed by atoms with Gasteiger partial charge in [-0.05, 0) is 17.7 Å². The molecule has 2 heterocycles. The van der Waals surface area contributed by atoms with E-state index in [0.717, 1.165) is 16.8 Å². The molecule has 1 aromatic heterocycles. The van der Waals surface area contributed by atoms with E-state index < -0.39 is 0 Å². The number of carbonyl (C=O) groups is 2. The number of aryl methyl sites for hydroxylation is 1. The fourth-order valence-corrected chi connectivity index (χ4v) is 3.29. The van der Waals surface area contributed by atoms with E-state index in [1.165, 1.54) is 0 Å². The van der Waals surface area contributed by atoms with Crippen LogP contribution in [-0.4, -0.2) is 28.5 Å². The highest BCUT2D eigenvalue weighted by atomic mass is 16.5. The van der Waals surface area contributed by atoms with Gasteiger partial charge >= 0.3 is 0 Å². The first-order valence-electron chi connectivity index (χ1n) is 9.13. The molecule has 0 saturated carbocycles. The van der Waals surface area contributed by atoms with Crippen LogP contribution in [0.2, 0.25) is 0 Å². The molecule has 1 atom stereocenters. The molecule has 1 saturated heterocycles. The quantitative estimate of drug-likeness (QED) is 0.740. The van der Waals surface area contributed by atoms with Gasteiger partial charge in [0.25, 0.3) is 0 Å². The third kappa shape index (κ3) is 3.78. The fraction of sp³-hybridized carbons (Fsp3) is 0.238. The van der Waals surface area contributed by atoms with Crippen LogP contribution in [0.4, 0.5) is 5.69 Å². The van der Waals surface area contributed by atoms with Gasteiger partial charge in [-0.1, -0.05) is 47.6 Å². The molecular weight excluding hydrogens is 356 g/mol. The zero-order valence-corrected chi connectivity index (χ0v) is 15.5. The van der Waals surface area contributed by atoms with E-state index >= 15 is 0 Å². The molecule has 2 aromatic carbocycles. The third-order valence-corrected chi connectivity index (χ3v) is 4.75. The maximum Gasteiger partial charge on any atom is 0.227 e. The van der Waals surface area contributed by atoms with E-state index in [0.29, 0.717) is 24.8 Å². The van der Waals surface area contributed by atoms with Crippen molar-refractivity contribution < 1.29 is 14.1 Å². The third-order valence-electron chi connectivity index (χ3n) is 4.75. The van der Waals surface area contributed by atoms with Crippen LogP contribution in [0.5, 0.6) is 0 Å². The summed E-state index contributed by atoms with van der Waals surface area (Å²) in [5.74, 6) is 0.411. The Morgan fingerprint density at radius 1 is 1.21 bits per heavy atom. The number of amides is 2. The van der Waals surface area contributed by atoms with Crippen LogP contribution in [-0.2, 0) is 16.1 Å². The predicted octanol–water partition coefficient (Wildman–Crippen LogP) is 2.71. The van der Waals surface area contributed by atoms with Crippen molar-refractivity contribution in [2.45, 2.75) is 19.9 Å². The minimum absolute atomic E-state index is 0.0682. The average molecular weight is 376 g/mol. The number of hydrogen-bond donors (Lipinski definition) is 1. The van der Waals surface area contributed by atoms with Crippen molar-refractivity contribution >= 4 is 17.5 Å². The Balaban J connectivity index is 1.44. The molecule has 1 fully saturated rings. The van der Waals surface area contributed by atoms with Crippen LogP contribution in [0, 0.1) is 12.8 Å². The van der Waals surface area contributed by atoms with Gasteiger partial charge in [0.1, 0.15) is 0 Å². The normalized spacial score (nSPS) is 16.4. The second kappa shape index (κ2) is 7.64. The number of hydrogen-bond acceptors (Lipinski definition) is 5. The molecule has 4 rings (SSSR count). The van der Waals surface area contributed by atoms with Crippen LogP contribution >= 0.6 is 0 Å². The zero-order chi connectivity index (χ0) is 19.5. The Labute approximate surface area is 162 Å². The van der Waals surface area contributed by atoms with Crippen molar-refractivity contribution in [1.82, 2.24) is 15.5 Å². The van der Waals surface area contributed by atoms with Gasteiger partial charge in [-0.2, -0.15) is 4.98 Å². The topological polar surface area (TPSA) is 88.3 Å². The second-order valence-electron chi connectivity index (χ2n) is 6.80. The van der Waals surface area contributed by atoms with E-state index in [-0.39, 0.29) is 24.2 Å². The summed E-state index contributed by atoms with van der Waals surface area (Å²) in [7, 11) is 0. The number of nitrogens with zero attached hydrogens (tertiary/aromatic N) is 3. The summed E-state index contributed by atoms with van der Waals surface area (Å²) >= 11 is 0. The van der Waals surface area contributed by atoms with Gasteiger partial charge in [0.15, 0.2) is 0 Å². The molecule has 142 valence electrons. The number of rotatable bonds is 5. The zero-order valence-electron chi connectivity index (χ0n) is 15.5. The molecule has 0 bridgehead atoms. The maximum atomic E-state index is 12.5. The van der Waals surface area contributed by atoms with Crippen LogP contribution < -0.4 is 10.2 Å². The van der Waals surface area contributed by atoms with Gasteiger partial charge in [0, 0.05) is 37.7 Å². The Kier molecular flexibility index (Phi) is 4.89. The molecule has 2 amide bonds. The minimum Gasteiger partial charge on any atom is -0.352 e. The molecule has 1 N–H and O–H groups in total. The summed E-state index contributed by atoms with van der Waals surface area (Å²) in [5.41, 5.74) is 2.52. The molecule has 7 heteroatoms. The number of benzene rings is 2. The van der Waals surface area contributed by atoms with Crippen molar-refractivity contribution in [3.8, 4) is 11.4 Å². The molecule has 1 aliphatic heterocycles. The van der Waals surface area contributed by atoms with Gasteiger partial charge in [-0.15, -0.1) is 0 Å². The molecule has 0 aliphatic carbocycles. The average Bonchev–Trinajstić information content (AvgIpc) is 3.33. The molecule has 3 aromatic rings. The lowest BCUT2D eigenvalue weighted by Gasteiger charge is -2.17. The summed E-state index contributed by atoms with van der Waals surface area (Å²) < 4.78 is 5.02.